The molecule has 1 fully saturated rings. The van der Waals surface area contributed by atoms with Gasteiger partial charge in [0.1, 0.15) is 16.9 Å². The number of halogens is 1. The highest BCUT2D eigenvalue weighted by Crippen LogP contribution is 2.23. The van der Waals surface area contributed by atoms with Gasteiger partial charge in [-0.3, -0.25) is 14.9 Å². The second-order valence-corrected chi connectivity index (χ2v) is 4.46. The lowest BCUT2D eigenvalue weighted by atomic mass is 9.89. The smallest absolute Gasteiger partial charge is 0.300 e. The van der Waals surface area contributed by atoms with Gasteiger partial charge in [-0.05, 0) is 18.9 Å². The molecule has 7 nitrogen and oxygen atoms in total. The Labute approximate surface area is 107 Å². The van der Waals surface area contributed by atoms with Crippen LogP contribution in [0.1, 0.15) is 23.2 Å². The molecule has 0 atom stereocenters. The van der Waals surface area contributed by atoms with E-state index < -0.39 is 22.6 Å². The first kappa shape index (κ1) is 12.7. The van der Waals surface area contributed by atoms with Gasteiger partial charge in [0.15, 0.2) is 0 Å². The van der Waals surface area contributed by atoms with E-state index in [1.165, 1.54) is 0 Å². The van der Waals surface area contributed by atoms with Gasteiger partial charge >= 0.3 is 0 Å². The fraction of sp³-hybridized carbons (Fsp3) is 0.400. The highest BCUT2D eigenvalue weighted by molar-refractivity contribution is 6.29. The van der Waals surface area contributed by atoms with E-state index in [0.29, 0.717) is 12.8 Å². The molecular formula is C10H10ClN3O4. The van der Waals surface area contributed by atoms with Gasteiger partial charge in [-0.15, -0.1) is 0 Å². The Morgan fingerprint density at radius 1 is 1.61 bits per heavy atom. The van der Waals surface area contributed by atoms with E-state index in [4.69, 9.17) is 16.7 Å². The molecule has 0 bridgehead atoms. The Bertz CT molecular complexity index is 502. The maximum absolute atomic E-state index is 11.8. The summed E-state index contributed by atoms with van der Waals surface area (Å²) < 4.78 is 0. The standard InChI is InChI=1S/C10H10ClN3O4/c11-9-3-7(8(4-12-9)14(17)18)10(16)13-5-1-6(15)2-5/h3-6,15H,1-2H2,(H,13,16). The number of nitrogens with zero attached hydrogens (tertiary/aromatic N) is 2. The molecule has 96 valence electrons. The predicted octanol–water partition coefficient (Wildman–Crippen LogP) is 0.896. The van der Waals surface area contributed by atoms with Crippen LogP contribution in [0.3, 0.4) is 0 Å². The van der Waals surface area contributed by atoms with Crippen molar-refractivity contribution < 1.29 is 14.8 Å². The van der Waals surface area contributed by atoms with Gasteiger partial charge in [0.25, 0.3) is 11.6 Å². The van der Waals surface area contributed by atoms with Crippen LogP contribution in [0, 0.1) is 10.1 Å². The third-order valence-electron chi connectivity index (χ3n) is 2.74. The average Bonchev–Trinajstić information content (AvgIpc) is 2.26. The monoisotopic (exact) mass is 271 g/mol. The quantitative estimate of drug-likeness (QED) is 0.483. The SMILES string of the molecule is O=C(NC1CC(O)C1)c1cc(Cl)ncc1[N+](=O)[O-]. The highest BCUT2D eigenvalue weighted by Gasteiger charge is 2.30. The first-order valence-electron chi connectivity index (χ1n) is 5.26. The maximum atomic E-state index is 11.8. The number of hydrogen-bond acceptors (Lipinski definition) is 5. The van der Waals surface area contributed by atoms with Crippen molar-refractivity contribution in [2.45, 2.75) is 25.0 Å². The van der Waals surface area contributed by atoms with Crippen LogP contribution in [0.5, 0.6) is 0 Å². The Kier molecular flexibility index (Phi) is 3.44. The third-order valence-corrected chi connectivity index (χ3v) is 2.95. The molecular weight excluding hydrogens is 262 g/mol. The summed E-state index contributed by atoms with van der Waals surface area (Å²) in [5.74, 6) is -0.581. The van der Waals surface area contributed by atoms with Crippen LogP contribution in [-0.4, -0.2) is 33.1 Å². The number of nitrogens with one attached hydrogen (secondary N) is 1. The second kappa shape index (κ2) is 4.87. The number of hydrogen-bond donors (Lipinski definition) is 2. The fourth-order valence-electron chi connectivity index (χ4n) is 1.72. The number of pyridine rings is 1. The Morgan fingerprint density at radius 3 is 2.83 bits per heavy atom. The van der Waals surface area contributed by atoms with Crippen molar-refractivity contribution in [2.24, 2.45) is 0 Å². The summed E-state index contributed by atoms with van der Waals surface area (Å²) in [6.07, 6.45) is 1.45. The van der Waals surface area contributed by atoms with Crippen molar-refractivity contribution in [3.8, 4) is 0 Å². The van der Waals surface area contributed by atoms with Gasteiger partial charge in [-0.2, -0.15) is 0 Å². The minimum Gasteiger partial charge on any atom is -0.393 e. The van der Waals surface area contributed by atoms with Gasteiger partial charge in [0.05, 0.1) is 11.0 Å². The number of amides is 1. The molecule has 18 heavy (non-hydrogen) atoms. The van der Waals surface area contributed by atoms with Crippen LogP contribution in [0.15, 0.2) is 12.3 Å². The third kappa shape index (κ3) is 2.57. The molecule has 2 N–H and O–H groups in total. The molecule has 0 saturated heterocycles. The minimum absolute atomic E-state index is 0.0133. The van der Waals surface area contributed by atoms with Gasteiger partial charge < -0.3 is 10.4 Å². The molecule has 8 heteroatoms. The summed E-state index contributed by atoms with van der Waals surface area (Å²) in [6, 6.07) is 1.00. The van der Waals surface area contributed by atoms with Crippen LogP contribution in [0.4, 0.5) is 5.69 Å². The number of aliphatic hydroxyl groups excluding tert-OH is 1. The molecule has 0 spiro atoms. The van der Waals surface area contributed by atoms with Crippen LogP contribution in [0.25, 0.3) is 0 Å². The van der Waals surface area contributed by atoms with Crippen LogP contribution in [0.2, 0.25) is 5.15 Å². The van der Waals surface area contributed by atoms with Gasteiger partial charge in [-0.1, -0.05) is 11.6 Å². The minimum atomic E-state index is -0.687. The summed E-state index contributed by atoms with van der Waals surface area (Å²) in [4.78, 5) is 25.5. The topological polar surface area (TPSA) is 105 Å². The van der Waals surface area contributed by atoms with Gasteiger partial charge in [0, 0.05) is 6.04 Å². The van der Waals surface area contributed by atoms with E-state index in [-0.39, 0.29) is 16.8 Å². The van der Waals surface area contributed by atoms with Crippen LogP contribution in [-0.2, 0) is 0 Å². The molecule has 1 aromatic rings. The zero-order chi connectivity index (χ0) is 13.3. The van der Waals surface area contributed by atoms with Crippen molar-refractivity contribution in [1.29, 1.82) is 0 Å². The predicted molar refractivity (Wildman–Crippen MR) is 62.4 cm³/mol. The number of rotatable bonds is 3. The second-order valence-electron chi connectivity index (χ2n) is 4.08. The molecule has 0 aliphatic heterocycles. The van der Waals surface area contributed by atoms with E-state index in [1.807, 2.05) is 0 Å². The summed E-state index contributed by atoms with van der Waals surface area (Å²) in [5, 5.41) is 22.5. The average molecular weight is 272 g/mol. The van der Waals surface area contributed by atoms with Crippen molar-refractivity contribution in [2.75, 3.05) is 0 Å². The first-order valence-corrected chi connectivity index (χ1v) is 5.64. The Balaban J connectivity index is 2.18. The van der Waals surface area contributed by atoms with Crippen molar-refractivity contribution in [3.05, 3.63) is 33.1 Å². The van der Waals surface area contributed by atoms with Crippen molar-refractivity contribution in [1.82, 2.24) is 10.3 Å². The van der Waals surface area contributed by atoms with Crippen molar-refractivity contribution >= 4 is 23.2 Å². The maximum Gasteiger partial charge on any atom is 0.300 e. The van der Waals surface area contributed by atoms with Crippen molar-refractivity contribution in [3.63, 3.8) is 0 Å². The van der Waals surface area contributed by atoms with Crippen LogP contribution >= 0.6 is 11.6 Å². The summed E-state index contributed by atoms with van der Waals surface area (Å²) >= 11 is 5.62. The van der Waals surface area contributed by atoms with E-state index in [1.54, 1.807) is 0 Å². The molecule has 1 aliphatic carbocycles. The molecule has 1 heterocycles. The summed E-state index contributed by atoms with van der Waals surface area (Å²) in [6.45, 7) is 0. The van der Waals surface area contributed by atoms with Crippen LogP contribution < -0.4 is 5.32 Å². The summed E-state index contributed by atoms with van der Waals surface area (Å²) in [5.41, 5.74) is -0.516. The number of aliphatic hydroxyl groups is 1. The fourth-order valence-corrected chi connectivity index (χ4v) is 1.88. The molecule has 1 saturated carbocycles. The van der Waals surface area contributed by atoms with E-state index in [2.05, 4.69) is 10.3 Å². The molecule has 1 aliphatic rings. The van der Waals surface area contributed by atoms with Gasteiger partial charge in [0.2, 0.25) is 0 Å². The molecule has 0 aromatic carbocycles. The molecule has 1 amide bonds. The lowest BCUT2D eigenvalue weighted by molar-refractivity contribution is -0.385. The van der Waals surface area contributed by atoms with E-state index in [0.717, 1.165) is 12.3 Å². The number of carbonyl (C=O) groups excluding carboxylic acids is 1. The Morgan fingerprint density at radius 2 is 2.28 bits per heavy atom. The zero-order valence-corrected chi connectivity index (χ0v) is 9.92. The summed E-state index contributed by atoms with van der Waals surface area (Å²) in [7, 11) is 0. The molecule has 1 aromatic heterocycles. The Hall–Kier alpha value is -1.73. The largest absolute Gasteiger partial charge is 0.393 e. The molecule has 0 radical (unpaired) electrons. The number of carbonyl (C=O) groups is 1. The van der Waals surface area contributed by atoms with E-state index in [9.17, 15) is 14.9 Å². The van der Waals surface area contributed by atoms with E-state index >= 15 is 0 Å². The highest BCUT2D eigenvalue weighted by atomic mass is 35.5. The zero-order valence-electron chi connectivity index (χ0n) is 9.17. The number of nitro groups is 1. The molecule has 2 rings (SSSR count). The molecule has 0 unspecified atom stereocenters. The first-order chi connectivity index (χ1) is 8.47. The lowest BCUT2D eigenvalue weighted by Gasteiger charge is -2.31. The normalized spacial score (nSPS) is 22.1. The lowest BCUT2D eigenvalue weighted by Crippen LogP contribution is -2.46. The number of aromatic nitrogens is 1. The van der Waals surface area contributed by atoms with Gasteiger partial charge in [-0.25, -0.2) is 4.98 Å².